The molecular weight excluding hydrogens is 487 g/mol. The molecule has 2 aromatic carbocycles. The van der Waals surface area contributed by atoms with Gasteiger partial charge in [0.25, 0.3) is 0 Å². The summed E-state index contributed by atoms with van der Waals surface area (Å²) < 4.78 is 30.9. The monoisotopic (exact) mass is 516 g/mol. The van der Waals surface area contributed by atoms with Gasteiger partial charge >= 0.3 is 6.09 Å². The van der Waals surface area contributed by atoms with Gasteiger partial charge in [-0.15, -0.1) is 0 Å². The summed E-state index contributed by atoms with van der Waals surface area (Å²) >= 11 is 5.93. The number of fused-ring (bicyclic) bond motifs is 1. The van der Waals surface area contributed by atoms with Gasteiger partial charge in [0.15, 0.2) is 11.5 Å². The number of ether oxygens (including phenoxy) is 3. The number of methoxy groups -OCH3 is 1. The zero-order valence-electron chi connectivity index (χ0n) is 20.7. The molecule has 1 aromatic heterocycles. The number of nitrogens with one attached hydrogen (secondary N) is 2. The molecule has 36 heavy (non-hydrogen) atoms. The zero-order chi connectivity index (χ0) is 25.9. The summed E-state index contributed by atoms with van der Waals surface area (Å²) in [6, 6.07) is 7.92. The van der Waals surface area contributed by atoms with E-state index in [0.29, 0.717) is 40.3 Å². The molecule has 10 heteroatoms. The van der Waals surface area contributed by atoms with Crippen molar-refractivity contribution in [1.29, 1.82) is 0 Å². The molecule has 0 bridgehead atoms. The van der Waals surface area contributed by atoms with Gasteiger partial charge in [0, 0.05) is 29.6 Å². The lowest BCUT2D eigenvalue weighted by Gasteiger charge is -2.31. The first-order valence-electron chi connectivity index (χ1n) is 11.8. The highest BCUT2D eigenvalue weighted by atomic mass is 35.5. The van der Waals surface area contributed by atoms with Crippen LogP contribution in [0, 0.1) is 5.82 Å². The van der Waals surface area contributed by atoms with Crippen molar-refractivity contribution in [3.63, 3.8) is 0 Å². The summed E-state index contributed by atoms with van der Waals surface area (Å²) in [7, 11) is 1.57. The predicted molar refractivity (Wildman–Crippen MR) is 137 cm³/mol. The van der Waals surface area contributed by atoms with Crippen molar-refractivity contribution < 1.29 is 23.4 Å². The van der Waals surface area contributed by atoms with E-state index in [0.717, 1.165) is 19.3 Å². The third-order valence-electron chi connectivity index (χ3n) is 5.74. The maximum absolute atomic E-state index is 13.6. The lowest BCUT2D eigenvalue weighted by atomic mass is 9.93. The van der Waals surface area contributed by atoms with Crippen LogP contribution in [0.3, 0.4) is 0 Å². The van der Waals surface area contributed by atoms with Crippen LogP contribution in [-0.2, 0) is 4.74 Å². The molecule has 2 atom stereocenters. The van der Waals surface area contributed by atoms with E-state index in [1.54, 1.807) is 19.2 Å². The maximum Gasteiger partial charge on any atom is 0.407 e. The van der Waals surface area contributed by atoms with E-state index < -0.39 is 17.5 Å². The second-order valence-electron chi connectivity index (χ2n) is 9.75. The number of hydrogen-bond donors (Lipinski definition) is 2. The van der Waals surface area contributed by atoms with Crippen LogP contribution in [0.2, 0.25) is 5.02 Å². The molecule has 8 nitrogen and oxygen atoms in total. The molecule has 1 saturated carbocycles. The predicted octanol–water partition coefficient (Wildman–Crippen LogP) is 6.39. The number of nitrogens with zero attached hydrogens (tertiary/aromatic N) is 2. The molecule has 1 aliphatic rings. The van der Waals surface area contributed by atoms with Crippen molar-refractivity contribution in [2.24, 2.45) is 0 Å². The number of hydrogen-bond acceptors (Lipinski definition) is 7. The van der Waals surface area contributed by atoms with Gasteiger partial charge in [0.2, 0.25) is 0 Å². The Labute approximate surface area is 214 Å². The molecule has 0 aliphatic heterocycles. The van der Waals surface area contributed by atoms with Gasteiger partial charge in [-0.05, 0) is 64.3 Å². The van der Waals surface area contributed by atoms with Crippen LogP contribution in [0.15, 0.2) is 36.7 Å². The van der Waals surface area contributed by atoms with Gasteiger partial charge in [0.1, 0.15) is 29.7 Å². The zero-order valence-corrected chi connectivity index (χ0v) is 21.5. The van der Waals surface area contributed by atoms with Crippen molar-refractivity contribution in [2.75, 3.05) is 12.4 Å². The van der Waals surface area contributed by atoms with Gasteiger partial charge in [-0.2, -0.15) is 0 Å². The minimum absolute atomic E-state index is 0.0101. The molecular formula is C26H30ClFN4O4. The highest BCUT2D eigenvalue weighted by molar-refractivity contribution is 6.31. The number of halogens is 2. The summed E-state index contributed by atoms with van der Waals surface area (Å²) in [6.45, 7) is 5.51. The molecule has 1 fully saturated rings. The van der Waals surface area contributed by atoms with Crippen LogP contribution in [0.1, 0.15) is 46.5 Å². The molecule has 4 rings (SSSR count). The SMILES string of the molecule is COc1cc2ncnc(Nc3ccc(F)c(Cl)c3)c2cc1OC1CCCC(NC(=O)OC(C)(C)C)C1. The Kier molecular flexibility index (Phi) is 7.68. The Bertz CT molecular complexity index is 1250. The molecule has 0 radical (unpaired) electrons. The van der Waals surface area contributed by atoms with Gasteiger partial charge in [-0.1, -0.05) is 11.6 Å². The highest BCUT2D eigenvalue weighted by Gasteiger charge is 2.27. The second kappa shape index (κ2) is 10.7. The Balaban J connectivity index is 1.54. The molecule has 1 amide bonds. The number of amides is 1. The van der Waals surface area contributed by atoms with Crippen LogP contribution in [0.4, 0.5) is 20.7 Å². The molecule has 1 aliphatic carbocycles. The largest absolute Gasteiger partial charge is 0.493 e. The van der Waals surface area contributed by atoms with E-state index >= 15 is 0 Å². The topological polar surface area (TPSA) is 94.6 Å². The summed E-state index contributed by atoms with van der Waals surface area (Å²) in [5.41, 5.74) is 0.682. The number of carbonyl (C=O) groups is 1. The number of aromatic nitrogens is 2. The third-order valence-corrected chi connectivity index (χ3v) is 6.03. The van der Waals surface area contributed by atoms with Gasteiger partial charge in [-0.3, -0.25) is 0 Å². The summed E-state index contributed by atoms with van der Waals surface area (Å²) in [4.78, 5) is 20.9. The maximum atomic E-state index is 13.6. The average Bonchev–Trinajstić information content (AvgIpc) is 2.80. The number of carbonyl (C=O) groups excluding carboxylic acids is 1. The fraction of sp³-hybridized carbons (Fsp3) is 0.423. The highest BCUT2D eigenvalue weighted by Crippen LogP contribution is 2.37. The molecule has 1 heterocycles. The Morgan fingerprint density at radius 3 is 2.67 bits per heavy atom. The van der Waals surface area contributed by atoms with Crippen LogP contribution in [0.5, 0.6) is 11.5 Å². The van der Waals surface area contributed by atoms with Crippen LogP contribution < -0.4 is 20.1 Å². The normalized spacial score (nSPS) is 17.9. The van der Waals surface area contributed by atoms with Crippen molar-refractivity contribution >= 4 is 40.1 Å². The minimum atomic E-state index is -0.555. The fourth-order valence-corrected chi connectivity index (χ4v) is 4.34. The first kappa shape index (κ1) is 25.8. The quantitative estimate of drug-likeness (QED) is 0.392. The number of alkyl carbamates (subject to hydrolysis) is 1. The van der Waals surface area contributed by atoms with E-state index in [1.165, 1.54) is 18.5 Å². The van der Waals surface area contributed by atoms with E-state index in [2.05, 4.69) is 20.6 Å². The van der Waals surface area contributed by atoms with Crippen molar-refractivity contribution in [3.8, 4) is 11.5 Å². The summed E-state index contributed by atoms with van der Waals surface area (Å²) in [5.74, 6) is 1.10. The molecule has 0 spiro atoms. The lowest BCUT2D eigenvalue weighted by molar-refractivity contribution is 0.0462. The fourth-order valence-electron chi connectivity index (χ4n) is 4.16. The molecule has 3 aromatic rings. The van der Waals surface area contributed by atoms with E-state index in [-0.39, 0.29) is 17.2 Å². The average molecular weight is 517 g/mol. The Morgan fingerprint density at radius 2 is 1.94 bits per heavy atom. The van der Waals surface area contributed by atoms with Gasteiger partial charge in [0.05, 0.1) is 17.6 Å². The van der Waals surface area contributed by atoms with Crippen molar-refractivity contribution in [1.82, 2.24) is 15.3 Å². The standard InChI is InChI=1S/C26H30ClFN4O4/c1-26(2,3)36-25(33)32-15-6-5-7-17(10-15)35-23-12-18-21(13-22(23)34-4)29-14-30-24(18)31-16-8-9-20(28)19(27)11-16/h8-9,11-15,17H,5-7,10H2,1-4H3,(H,32,33)(H,29,30,31). The van der Waals surface area contributed by atoms with Crippen LogP contribution in [-0.4, -0.2) is 40.9 Å². The number of anilines is 2. The van der Waals surface area contributed by atoms with Crippen LogP contribution >= 0.6 is 11.6 Å². The summed E-state index contributed by atoms with van der Waals surface area (Å²) in [5, 5.41) is 6.84. The lowest BCUT2D eigenvalue weighted by Crippen LogP contribution is -2.43. The van der Waals surface area contributed by atoms with E-state index in [1.807, 2.05) is 26.8 Å². The Morgan fingerprint density at radius 1 is 1.14 bits per heavy atom. The van der Waals surface area contributed by atoms with Crippen molar-refractivity contribution in [2.45, 2.75) is 64.2 Å². The van der Waals surface area contributed by atoms with Gasteiger partial charge in [-0.25, -0.2) is 19.2 Å². The van der Waals surface area contributed by atoms with Crippen LogP contribution in [0.25, 0.3) is 10.9 Å². The first-order chi connectivity index (χ1) is 17.1. The molecule has 2 unspecified atom stereocenters. The minimum Gasteiger partial charge on any atom is -0.493 e. The summed E-state index contributed by atoms with van der Waals surface area (Å²) in [6.07, 6.45) is 4.14. The molecule has 2 N–H and O–H groups in total. The van der Waals surface area contributed by atoms with E-state index in [4.69, 9.17) is 25.8 Å². The molecule has 192 valence electrons. The van der Waals surface area contributed by atoms with Crippen molar-refractivity contribution in [3.05, 3.63) is 47.5 Å². The smallest absolute Gasteiger partial charge is 0.407 e. The first-order valence-corrected chi connectivity index (χ1v) is 12.2. The van der Waals surface area contributed by atoms with Gasteiger partial charge < -0.3 is 24.8 Å². The number of benzene rings is 2. The second-order valence-corrected chi connectivity index (χ2v) is 10.2. The van der Waals surface area contributed by atoms with E-state index in [9.17, 15) is 9.18 Å². The molecule has 0 saturated heterocycles. The third kappa shape index (κ3) is 6.46. The number of rotatable bonds is 6. The Hall–Kier alpha value is -3.33.